The minimum Gasteiger partial charge on any atom is -0.454 e. The summed E-state index contributed by atoms with van der Waals surface area (Å²) in [6.45, 7) is 2.38. The van der Waals surface area contributed by atoms with Crippen LogP contribution in [0.2, 0.25) is 0 Å². The van der Waals surface area contributed by atoms with Gasteiger partial charge in [0.2, 0.25) is 6.79 Å². The molecule has 2 aromatic rings. The van der Waals surface area contributed by atoms with Gasteiger partial charge in [0.25, 0.3) is 0 Å². The van der Waals surface area contributed by atoms with Crippen molar-refractivity contribution in [1.82, 2.24) is 10.2 Å². The maximum absolute atomic E-state index is 5.62. The Morgan fingerprint density at radius 2 is 2.06 bits per heavy atom. The van der Waals surface area contributed by atoms with Crippen LogP contribution in [0.4, 0.5) is 5.82 Å². The van der Waals surface area contributed by atoms with Crippen LogP contribution in [0.15, 0.2) is 18.2 Å². The van der Waals surface area contributed by atoms with E-state index in [9.17, 15) is 0 Å². The van der Waals surface area contributed by atoms with Gasteiger partial charge in [0.15, 0.2) is 11.5 Å². The Bertz CT molecular complexity index is 563. The van der Waals surface area contributed by atoms with Crippen molar-refractivity contribution in [3.8, 4) is 22.8 Å². The molecule has 0 atom stereocenters. The van der Waals surface area contributed by atoms with Gasteiger partial charge < -0.3 is 15.2 Å². The number of rotatable bonds is 2. The van der Waals surface area contributed by atoms with Crippen LogP contribution in [0.25, 0.3) is 11.3 Å². The zero-order valence-corrected chi connectivity index (χ0v) is 9.49. The molecular formula is C12H13N3O2. The Morgan fingerprint density at radius 1 is 1.29 bits per heavy atom. The third-order valence-electron chi connectivity index (χ3n) is 2.87. The summed E-state index contributed by atoms with van der Waals surface area (Å²) in [6.07, 6.45) is 0.908. The van der Waals surface area contributed by atoms with Gasteiger partial charge in [-0.3, -0.25) is 5.10 Å². The first-order valence-corrected chi connectivity index (χ1v) is 5.51. The van der Waals surface area contributed by atoms with Crippen LogP contribution < -0.4 is 15.2 Å². The molecule has 0 radical (unpaired) electrons. The average molecular weight is 231 g/mol. The van der Waals surface area contributed by atoms with E-state index in [2.05, 4.69) is 17.1 Å². The molecule has 0 fully saturated rings. The van der Waals surface area contributed by atoms with Gasteiger partial charge >= 0.3 is 0 Å². The number of aromatic nitrogens is 2. The van der Waals surface area contributed by atoms with Crippen molar-refractivity contribution >= 4 is 5.82 Å². The molecule has 5 heteroatoms. The van der Waals surface area contributed by atoms with Crippen molar-refractivity contribution in [2.75, 3.05) is 12.5 Å². The molecule has 1 aliphatic rings. The van der Waals surface area contributed by atoms with E-state index in [1.807, 2.05) is 18.2 Å². The predicted octanol–water partition coefficient (Wildman–Crippen LogP) is 1.95. The van der Waals surface area contributed by atoms with E-state index in [4.69, 9.17) is 15.2 Å². The highest BCUT2D eigenvalue weighted by Crippen LogP contribution is 2.38. The lowest BCUT2D eigenvalue weighted by Gasteiger charge is -2.07. The fourth-order valence-corrected chi connectivity index (χ4v) is 2.00. The lowest BCUT2D eigenvalue weighted by atomic mass is 10.0. The lowest BCUT2D eigenvalue weighted by Crippen LogP contribution is -1.92. The van der Waals surface area contributed by atoms with Gasteiger partial charge in [-0.15, -0.1) is 0 Å². The van der Waals surface area contributed by atoms with Gasteiger partial charge in [0, 0.05) is 11.6 Å². The number of aryl methyl sites for hydroxylation is 1. The first-order valence-electron chi connectivity index (χ1n) is 5.51. The summed E-state index contributed by atoms with van der Waals surface area (Å²) in [5.74, 6) is 2.06. The Hall–Kier alpha value is -2.17. The second-order valence-corrected chi connectivity index (χ2v) is 3.92. The molecule has 1 aromatic heterocycles. The Morgan fingerprint density at radius 3 is 2.71 bits per heavy atom. The minimum absolute atomic E-state index is 0.285. The molecule has 2 heterocycles. The summed E-state index contributed by atoms with van der Waals surface area (Å²) in [5.41, 5.74) is 8.76. The number of nitrogens with zero attached hydrogens (tertiary/aromatic N) is 1. The molecule has 3 rings (SSSR count). The van der Waals surface area contributed by atoms with E-state index in [-0.39, 0.29) is 6.79 Å². The van der Waals surface area contributed by atoms with E-state index < -0.39 is 0 Å². The van der Waals surface area contributed by atoms with Crippen molar-refractivity contribution in [1.29, 1.82) is 0 Å². The molecule has 88 valence electrons. The lowest BCUT2D eigenvalue weighted by molar-refractivity contribution is 0.174. The molecule has 0 spiro atoms. The average Bonchev–Trinajstić information content (AvgIpc) is 2.94. The smallest absolute Gasteiger partial charge is 0.231 e. The first-order chi connectivity index (χ1) is 8.28. The largest absolute Gasteiger partial charge is 0.454 e. The predicted molar refractivity (Wildman–Crippen MR) is 63.9 cm³/mol. The summed E-state index contributed by atoms with van der Waals surface area (Å²) in [6, 6.07) is 5.79. The van der Waals surface area contributed by atoms with Crippen LogP contribution in [0.5, 0.6) is 11.5 Å². The van der Waals surface area contributed by atoms with E-state index in [0.717, 1.165) is 29.2 Å². The molecule has 0 unspecified atom stereocenters. The van der Waals surface area contributed by atoms with Crippen molar-refractivity contribution in [2.24, 2.45) is 0 Å². The van der Waals surface area contributed by atoms with Crippen LogP contribution in [-0.4, -0.2) is 17.0 Å². The summed E-state index contributed by atoms with van der Waals surface area (Å²) in [7, 11) is 0. The number of aromatic amines is 1. The highest BCUT2D eigenvalue weighted by atomic mass is 16.7. The number of H-pyrrole nitrogens is 1. The minimum atomic E-state index is 0.285. The zero-order valence-electron chi connectivity index (χ0n) is 9.49. The maximum Gasteiger partial charge on any atom is 0.231 e. The molecule has 0 aliphatic carbocycles. The standard InChI is InChI=1S/C12H13N3O2/c1-2-7-3-10-11(17-6-16-10)4-8(7)9-5-12(13)15-14-9/h3-5H,2,6H2,1H3,(H3,13,14,15). The molecule has 0 saturated heterocycles. The third-order valence-corrected chi connectivity index (χ3v) is 2.87. The normalized spacial score (nSPS) is 13.0. The number of nitrogens with two attached hydrogens (primary N) is 1. The summed E-state index contributed by atoms with van der Waals surface area (Å²) >= 11 is 0. The second-order valence-electron chi connectivity index (χ2n) is 3.92. The summed E-state index contributed by atoms with van der Waals surface area (Å²) in [5, 5.41) is 6.86. The molecule has 0 amide bonds. The topological polar surface area (TPSA) is 73.2 Å². The number of nitrogens with one attached hydrogen (secondary N) is 1. The fourth-order valence-electron chi connectivity index (χ4n) is 2.00. The van der Waals surface area contributed by atoms with Gasteiger partial charge in [0.1, 0.15) is 5.82 Å². The van der Waals surface area contributed by atoms with Crippen LogP contribution >= 0.6 is 0 Å². The summed E-state index contributed by atoms with van der Waals surface area (Å²) in [4.78, 5) is 0. The number of ether oxygens (including phenoxy) is 2. The maximum atomic E-state index is 5.62. The fraction of sp³-hybridized carbons (Fsp3) is 0.250. The van der Waals surface area contributed by atoms with E-state index in [0.29, 0.717) is 5.82 Å². The Labute approximate surface area is 98.5 Å². The molecule has 17 heavy (non-hydrogen) atoms. The quantitative estimate of drug-likeness (QED) is 0.828. The molecule has 1 aromatic carbocycles. The molecule has 1 aliphatic heterocycles. The van der Waals surface area contributed by atoms with Crippen molar-refractivity contribution < 1.29 is 9.47 Å². The molecular weight excluding hydrogens is 218 g/mol. The van der Waals surface area contributed by atoms with Gasteiger partial charge in [-0.2, -0.15) is 5.10 Å². The van der Waals surface area contributed by atoms with E-state index >= 15 is 0 Å². The number of nitrogen functional groups attached to an aromatic ring is 1. The van der Waals surface area contributed by atoms with Crippen molar-refractivity contribution in [3.63, 3.8) is 0 Å². The van der Waals surface area contributed by atoms with Gasteiger partial charge in [-0.05, 0) is 24.1 Å². The van der Waals surface area contributed by atoms with Crippen LogP contribution in [0, 0.1) is 0 Å². The number of hydrogen-bond donors (Lipinski definition) is 2. The number of benzene rings is 1. The van der Waals surface area contributed by atoms with Gasteiger partial charge in [-0.1, -0.05) is 6.92 Å². The Balaban J connectivity index is 2.15. The Kier molecular flexibility index (Phi) is 2.18. The van der Waals surface area contributed by atoms with Crippen LogP contribution in [0.3, 0.4) is 0 Å². The van der Waals surface area contributed by atoms with Crippen molar-refractivity contribution in [3.05, 3.63) is 23.8 Å². The number of fused-ring (bicyclic) bond motifs is 1. The first kappa shape index (κ1) is 10.0. The molecule has 0 saturated carbocycles. The number of hydrogen-bond acceptors (Lipinski definition) is 4. The van der Waals surface area contributed by atoms with Crippen molar-refractivity contribution in [2.45, 2.75) is 13.3 Å². The van der Waals surface area contributed by atoms with E-state index in [1.54, 1.807) is 0 Å². The molecule has 3 N–H and O–H groups in total. The SMILES string of the molecule is CCc1cc2c(cc1-c1cc(N)n[nH]1)OCO2. The number of anilines is 1. The third kappa shape index (κ3) is 1.60. The monoisotopic (exact) mass is 231 g/mol. The highest BCUT2D eigenvalue weighted by Gasteiger charge is 2.18. The van der Waals surface area contributed by atoms with Crippen LogP contribution in [-0.2, 0) is 6.42 Å². The van der Waals surface area contributed by atoms with Crippen LogP contribution in [0.1, 0.15) is 12.5 Å². The van der Waals surface area contributed by atoms with Gasteiger partial charge in [0.05, 0.1) is 5.69 Å². The molecule has 5 nitrogen and oxygen atoms in total. The zero-order chi connectivity index (χ0) is 11.8. The van der Waals surface area contributed by atoms with E-state index in [1.165, 1.54) is 5.56 Å². The summed E-state index contributed by atoms with van der Waals surface area (Å²) < 4.78 is 10.7. The highest BCUT2D eigenvalue weighted by molar-refractivity contribution is 5.70. The second kappa shape index (κ2) is 3.69. The molecule has 0 bridgehead atoms. The van der Waals surface area contributed by atoms with Gasteiger partial charge in [-0.25, -0.2) is 0 Å².